The molecule has 1 aromatic heterocycles. The fourth-order valence-corrected chi connectivity index (χ4v) is 4.69. The van der Waals surface area contributed by atoms with Gasteiger partial charge in [0.15, 0.2) is 0 Å². The maximum atomic E-state index is 12.9. The van der Waals surface area contributed by atoms with Crippen LogP contribution < -0.4 is 10.7 Å². The minimum Gasteiger partial charge on any atom is -0.345 e. The summed E-state index contributed by atoms with van der Waals surface area (Å²) in [5, 5.41) is 8.30. The summed E-state index contributed by atoms with van der Waals surface area (Å²) in [6.07, 6.45) is 3.78. The summed E-state index contributed by atoms with van der Waals surface area (Å²) in [7, 11) is 0. The van der Waals surface area contributed by atoms with Crippen molar-refractivity contribution in [2.45, 2.75) is 25.9 Å². The van der Waals surface area contributed by atoms with E-state index in [9.17, 15) is 9.59 Å². The van der Waals surface area contributed by atoms with E-state index < -0.39 is 6.04 Å². The first-order valence-corrected chi connectivity index (χ1v) is 12.9. The van der Waals surface area contributed by atoms with Gasteiger partial charge < -0.3 is 9.88 Å². The molecule has 2 N–H and O–H groups in total. The largest absolute Gasteiger partial charge is 0.345 e. The van der Waals surface area contributed by atoms with Crippen molar-refractivity contribution in [2.24, 2.45) is 5.10 Å². The van der Waals surface area contributed by atoms with Crippen molar-refractivity contribution >= 4 is 28.9 Å². The van der Waals surface area contributed by atoms with Gasteiger partial charge in [-0.25, -0.2) is 5.43 Å². The molecule has 1 heterocycles. The molecule has 0 bridgehead atoms. The van der Waals surface area contributed by atoms with Gasteiger partial charge in [0.05, 0.1) is 18.7 Å². The zero-order valence-corrected chi connectivity index (χ0v) is 21.7. The molecule has 6 nitrogen and oxygen atoms in total. The van der Waals surface area contributed by atoms with E-state index in [0.717, 1.165) is 28.6 Å². The molecule has 5 aromatic rings. The Kier molecular flexibility index (Phi) is 7.93. The Morgan fingerprint density at radius 2 is 1.59 bits per heavy atom. The van der Waals surface area contributed by atoms with Gasteiger partial charge in [-0.3, -0.25) is 9.59 Å². The molecule has 0 unspecified atom stereocenters. The molecule has 4 aromatic carbocycles. The lowest BCUT2D eigenvalue weighted by Crippen LogP contribution is -2.32. The topological polar surface area (TPSA) is 75.5 Å². The van der Waals surface area contributed by atoms with E-state index in [0.29, 0.717) is 5.56 Å². The summed E-state index contributed by atoms with van der Waals surface area (Å²) < 4.78 is 2.19. The van der Waals surface area contributed by atoms with E-state index in [-0.39, 0.29) is 18.2 Å². The first-order valence-electron chi connectivity index (χ1n) is 12.9. The number of rotatable bonds is 9. The summed E-state index contributed by atoms with van der Waals surface area (Å²) in [4.78, 5) is 25.7. The lowest BCUT2D eigenvalue weighted by molar-refractivity contribution is -0.121. The molecule has 0 saturated heterocycles. The van der Waals surface area contributed by atoms with E-state index in [4.69, 9.17) is 0 Å². The number of hydrogen-bond donors (Lipinski definition) is 2. The average molecular weight is 515 g/mol. The Morgan fingerprint density at radius 3 is 2.36 bits per heavy atom. The highest BCUT2D eigenvalue weighted by Gasteiger charge is 2.19. The van der Waals surface area contributed by atoms with E-state index >= 15 is 0 Å². The highest BCUT2D eigenvalue weighted by molar-refractivity contribution is 6.00. The van der Waals surface area contributed by atoms with E-state index in [1.165, 1.54) is 11.1 Å². The average Bonchev–Trinajstić information content (AvgIpc) is 3.30. The summed E-state index contributed by atoms with van der Waals surface area (Å²) in [6, 6.07) is 34.6. The molecule has 0 aliphatic carbocycles. The molecule has 6 heteroatoms. The van der Waals surface area contributed by atoms with Crippen molar-refractivity contribution in [3.05, 3.63) is 143 Å². The molecule has 194 valence electrons. The zero-order valence-electron chi connectivity index (χ0n) is 21.7. The molecule has 0 fully saturated rings. The molecule has 0 aliphatic rings. The number of hydrazone groups is 1. The van der Waals surface area contributed by atoms with Crippen LogP contribution in [0.5, 0.6) is 0 Å². The van der Waals surface area contributed by atoms with Gasteiger partial charge in [-0.2, -0.15) is 5.10 Å². The van der Waals surface area contributed by atoms with Crippen molar-refractivity contribution in [1.29, 1.82) is 0 Å². The Hall–Kier alpha value is -4.97. The number of carbonyl (C=O) groups excluding carboxylic acids is 2. The second-order valence-electron chi connectivity index (χ2n) is 9.52. The van der Waals surface area contributed by atoms with Crippen LogP contribution in [0.15, 0.2) is 120 Å². The van der Waals surface area contributed by atoms with E-state index in [1.54, 1.807) is 18.3 Å². The number of fused-ring (bicyclic) bond motifs is 1. The minimum absolute atomic E-state index is 0.0506. The summed E-state index contributed by atoms with van der Waals surface area (Å²) in [5.41, 5.74) is 8.49. The first-order chi connectivity index (χ1) is 19.1. The van der Waals surface area contributed by atoms with Crippen LogP contribution in [-0.2, 0) is 11.3 Å². The lowest BCUT2D eigenvalue weighted by atomic mass is 10.0. The second-order valence-corrected chi connectivity index (χ2v) is 9.52. The SMILES string of the molecule is Cc1cccc(Cn2cc(/C=N\NC(=O)C[C@@H](NC(=O)c3ccccc3)c3ccccc3)c3ccccc32)c1. The van der Waals surface area contributed by atoms with Gasteiger partial charge >= 0.3 is 0 Å². The van der Waals surface area contributed by atoms with E-state index in [1.807, 2.05) is 60.7 Å². The first kappa shape index (κ1) is 25.7. The Balaban J connectivity index is 1.29. The van der Waals surface area contributed by atoms with Crippen LogP contribution in [0.1, 0.15) is 45.1 Å². The second kappa shape index (κ2) is 12.0. The smallest absolute Gasteiger partial charge is 0.251 e. The third-order valence-electron chi connectivity index (χ3n) is 6.58. The van der Waals surface area contributed by atoms with Gasteiger partial charge in [-0.05, 0) is 36.2 Å². The van der Waals surface area contributed by atoms with Crippen LogP contribution in [0.2, 0.25) is 0 Å². The van der Waals surface area contributed by atoms with Gasteiger partial charge in [0.2, 0.25) is 5.91 Å². The molecule has 5 rings (SSSR count). The van der Waals surface area contributed by atoms with Crippen LogP contribution in [0.25, 0.3) is 10.9 Å². The van der Waals surface area contributed by atoms with Crippen molar-refractivity contribution in [1.82, 2.24) is 15.3 Å². The van der Waals surface area contributed by atoms with Crippen molar-refractivity contribution in [3.63, 3.8) is 0 Å². The number of amides is 2. The standard InChI is InChI=1S/C33H30N4O2/c1-24-11-10-12-25(19-24)22-37-23-28(29-17-8-9-18-31(29)37)21-34-36-32(38)20-30(26-13-4-2-5-14-26)35-33(39)27-15-6-3-7-16-27/h2-19,21,23,30H,20,22H2,1H3,(H,35,39)(H,36,38)/b34-21-/t30-/m1/s1. The maximum absolute atomic E-state index is 12.9. The molecule has 0 radical (unpaired) electrons. The number of benzene rings is 4. The molecular weight excluding hydrogens is 484 g/mol. The number of hydrogen-bond acceptors (Lipinski definition) is 3. The number of nitrogens with zero attached hydrogens (tertiary/aromatic N) is 2. The molecule has 0 spiro atoms. The van der Waals surface area contributed by atoms with Gasteiger partial charge in [0.25, 0.3) is 5.91 Å². The number of aromatic nitrogens is 1. The van der Waals surface area contributed by atoms with Crippen molar-refractivity contribution in [2.75, 3.05) is 0 Å². The summed E-state index contributed by atoms with van der Waals surface area (Å²) in [6.45, 7) is 2.83. The van der Waals surface area contributed by atoms with Gasteiger partial charge in [0.1, 0.15) is 0 Å². The molecule has 0 aliphatic heterocycles. The summed E-state index contributed by atoms with van der Waals surface area (Å²) >= 11 is 0. The number of aryl methyl sites for hydroxylation is 1. The quantitative estimate of drug-likeness (QED) is 0.187. The molecule has 2 amide bonds. The molecular formula is C33H30N4O2. The highest BCUT2D eigenvalue weighted by atomic mass is 16.2. The fourth-order valence-electron chi connectivity index (χ4n) is 4.69. The number of carbonyl (C=O) groups is 2. The van der Waals surface area contributed by atoms with Gasteiger partial charge in [-0.15, -0.1) is 0 Å². The summed E-state index contributed by atoms with van der Waals surface area (Å²) in [5.74, 6) is -0.529. The van der Waals surface area contributed by atoms with Crippen molar-refractivity contribution < 1.29 is 9.59 Å². The van der Waals surface area contributed by atoms with Crippen LogP contribution >= 0.6 is 0 Å². The molecule has 0 saturated carbocycles. The number of para-hydroxylation sites is 1. The highest BCUT2D eigenvalue weighted by Crippen LogP contribution is 2.22. The fraction of sp³-hybridized carbons (Fsp3) is 0.121. The Labute approximate surface area is 228 Å². The third kappa shape index (κ3) is 6.48. The van der Waals surface area contributed by atoms with Crippen LogP contribution in [0, 0.1) is 6.92 Å². The lowest BCUT2D eigenvalue weighted by Gasteiger charge is -2.18. The van der Waals surface area contributed by atoms with Crippen LogP contribution in [0.4, 0.5) is 0 Å². The van der Waals surface area contributed by atoms with Crippen LogP contribution in [-0.4, -0.2) is 22.6 Å². The maximum Gasteiger partial charge on any atom is 0.251 e. The van der Waals surface area contributed by atoms with Crippen molar-refractivity contribution in [3.8, 4) is 0 Å². The Bertz CT molecular complexity index is 1610. The predicted octanol–water partition coefficient (Wildman–Crippen LogP) is 6.01. The Morgan fingerprint density at radius 1 is 0.872 bits per heavy atom. The zero-order chi connectivity index (χ0) is 27.0. The van der Waals surface area contributed by atoms with Gasteiger partial charge in [0, 0.05) is 34.8 Å². The molecule has 39 heavy (non-hydrogen) atoms. The number of nitrogens with one attached hydrogen (secondary N) is 2. The van der Waals surface area contributed by atoms with Gasteiger partial charge in [-0.1, -0.05) is 96.6 Å². The molecule has 1 atom stereocenters. The van der Waals surface area contributed by atoms with E-state index in [2.05, 4.69) is 69.9 Å². The normalized spacial score (nSPS) is 11.9. The third-order valence-corrected chi connectivity index (χ3v) is 6.58. The van der Waals surface area contributed by atoms with Crippen LogP contribution in [0.3, 0.4) is 0 Å². The monoisotopic (exact) mass is 514 g/mol. The minimum atomic E-state index is -0.495. The predicted molar refractivity (Wildman–Crippen MR) is 156 cm³/mol.